The third-order valence-electron chi connectivity index (χ3n) is 3.44. The minimum Gasteiger partial charge on any atom is -0.356 e. The van der Waals surface area contributed by atoms with Gasteiger partial charge in [-0.3, -0.25) is 4.68 Å². The third-order valence-corrected chi connectivity index (χ3v) is 5.39. The number of benzene rings is 1. The minimum atomic E-state index is -0.245. The maximum atomic E-state index is 12.9. The summed E-state index contributed by atoms with van der Waals surface area (Å²) in [5, 5.41) is 18.1. The number of nitrogens with zero attached hydrogens (tertiary/aromatic N) is 6. The molecule has 1 N–H and O–H groups in total. The highest BCUT2D eigenvalue weighted by Gasteiger charge is 2.12. The molecular formula is C15H12FN7S2. The lowest BCUT2D eigenvalue weighted by atomic mass is 10.2. The molecule has 0 amide bonds. The Morgan fingerprint density at radius 2 is 2.04 bits per heavy atom. The number of rotatable bonds is 5. The fourth-order valence-corrected chi connectivity index (χ4v) is 3.92. The van der Waals surface area contributed by atoms with Gasteiger partial charge in [-0.15, -0.1) is 10.2 Å². The molecule has 3 heterocycles. The average molecular weight is 373 g/mol. The molecule has 0 spiro atoms. The van der Waals surface area contributed by atoms with Gasteiger partial charge in [-0.1, -0.05) is 23.5 Å². The minimum absolute atomic E-state index is 0.245. The molecule has 0 aliphatic heterocycles. The lowest BCUT2D eigenvalue weighted by Crippen LogP contribution is -1.98. The summed E-state index contributed by atoms with van der Waals surface area (Å²) >= 11 is 2.86. The molecule has 10 heteroatoms. The lowest BCUT2D eigenvalue weighted by Gasteiger charge is -2.01. The van der Waals surface area contributed by atoms with E-state index in [4.69, 9.17) is 0 Å². The van der Waals surface area contributed by atoms with Crippen molar-refractivity contribution in [1.82, 2.24) is 29.9 Å². The quantitative estimate of drug-likeness (QED) is 0.538. The molecule has 7 nitrogen and oxygen atoms in total. The molecular weight excluding hydrogens is 361 g/mol. The van der Waals surface area contributed by atoms with E-state index in [9.17, 15) is 4.39 Å². The standard InChI is InChI=1S/C15H12FN7S2/c1-23-12-11(7-20-23)13(19-8-18-12)24-15-22-21-14(25-15)17-6-9-2-4-10(16)5-3-9/h2-5,7-8H,6H2,1H3,(H,17,21). The van der Waals surface area contributed by atoms with Gasteiger partial charge in [0.15, 0.2) is 9.99 Å². The Bertz CT molecular complexity index is 1010. The van der Waals surface area contributed by atoms with Gasteiger partial charge in [0.05, 0.1) is 11.6 Å². The van der Waals surface area contributed by atoms with E-state index in [-0.39, 0.29) is 5.82 Å². The molecule has 0 bridgehead atoms. The van der Waals surface area contributed by atoms with Gasteiger partial charge in [-0.2, -0.15) is 5.10 Å². The molecule has 0 aliphatic rings. The van der Waals surface area contributed by atoms with Crippen LogP contribution in [-0.4, -0.2) is 29.9 Å². The Morgan fingerprint density at radius 3 is 2.88 bits per heavy atom. The summed E-state index contributed by atoms with van der Waals surface area (Å²) in [4.78, 5) is 8.53. The van der Waals surface area contributed by atoms with Crippen LogP contribution in [0.15, 0.2) is 46.2 Å². The molecule has 4 rings (SSSR count). The number of aryl methyl sites for hydroxylation is 1. The number of nitrogens with one attached hydrogen (secondary N) is 1. The molecule has 4 aromatic rings. The second-order valence-corrected chi connectivity index (χ2v) is 7.35. The van der Waals surface area contributed by atoms with Gasteiger partial charge in [-0.05, 0) is 29.5 Å². The molecule has 0 fully saturated rings. The highest BCUT2D eigenvalue weighted by molar-refractivity contribution is 8.01. The summed E-state index contributed by atoms with van der Waals surface area (Å²) < 4.78 is 15.4. The van der Waals surface area contributed by atoms with Gasteiger partial charge >= 0.3 is 0 Å². The van der Waals surface area contributed by atoms with Crippen LogP contribution in [0.2, 0.25) is 0 Å². The van der Waals surface area contributed by atoms with E-state index in [0.29, 0.717) is 11.7 Å². The summed E-state index contributed by atoms with van der Waals surface area (Å²) in [6, 6.07) is 6.34. The zero-order valence-electron chi connectivity index (χ0n) is 13.0. The van der Waals surface area contributed by atoms with E-state index < -0.39 is 0 Å². The van der Waals surface area contributed by atoms with Gasteiger partial charge < -0.3 is 5.32 Å². The van der Waals surface area contributed by atoms with Crippen LogP contribution >= 0.6 is 23.1 Å². The van der Waals surface area contributed by atoms with Crippen LogP contribution in [0.3, 0.4) is 0 Å². The van der Waals surface area contributed by atoms with E-state index in [1.165, 1.54) is 41.6 Å². The third kappa shape index (κ3) is 3.44. The normalized spacial score (nSPS) is 11.1. The Labute approximate surface area is 150 Å². The first-order chi connectivity index (χ1) is 12.2. The van der Waals surface area contributed by atoms with Crippen LogP contribution in [0.5, 0.6) is 0 Å². The van der Waals surface area contributed by atoms with Crippen LogP contribution < -0.4 is 5.32 Å². The predicted molar refractivity (Wildman–Crippen MR) is 94.1 cm³/mol. The van der Waals surface area contributed by atoms with Gasteiger partial charge in [-0.25, -0.2) is 14.4 Å². The van der Waals surface area contributed by atoms with Crippen LogP contribution in [0.4, 0.5) is 9.52 Å². The summed E-state index contributed by atoms with van der Waals surface area (Å²) in [7, 11) is 1.84. The molecule has 0 atom stereocenters. The predicted octanol–water partition coefficient (Wildman–Crippen LogP) is 3.12. The molecule has 25 heavy (non-hydrogen) atoms. The number of hydrogen-bond donors (Lipinski definition) is 1. The number of halogens is 1. The lowest BCUT2D eigenvalue weighted by molar-refractivity contribution is 0.627. The van der Waals surface area contributed by atoms with Crippen molar-refractivity contribution in [2.24, 2.45) is 7.05 Å². The van der Waals surface area contributed by atoms with E-state index in [2.05, 4.69) is 30.6 Å². The maximum Gasteiger partial charge on any atom is 0.206 e. The number of aromatic nitrogens is 6. The van der Waals surface area contributed by atoms with Crippen molar-refractivity contribution in [1.29, 1.82) is 0 Å². The summed E-state index contributed by atoms with van der Waals surface area (Å²) in [6.45, 7) is 0.555. The van der Waals surface area contributed by atoms with Crippen molar-refractivity contribution in [2.45, 2.75) is 15.9 Å². The first-order valence-corrected chi connectivity index (χ1v) is 8.95. The molecule has 3 aromatic heterocycles. The van der Waals surface area contributed by atoms with Crippen LogP contribution in [0.1, 0.15) is 5.56 Å². The second-order valence-electron chi connectivity index (χ2n) is 5.14. The van der Waals surface area contributed by atoms with Crippen molar-refractivity contribution in [3.05, 3.63) is 48.2 Å². The van der Waals surface area contributed by atoms with E-state index >= 15 is 0 Å². The number of fused-ring (bicyclic) bond motifs is 1. The molecule has 0 saturated heterocycles. The summed E-state index contributed by atoms with van der Waals surface area (Å²) in [6.07, 6.45) is 3.26. The molecule has 0 aliphatic carbocycles. The Balaban J connectivity index is 1.46. The van der Waals surface area contributed by atoms with Crippen LogP contribution in [-0.2, 0) is 13.6 Å². The van der Waals surface area contributed by atoms with Crippen molar-refractivity contribution in [3.63, 3.8) is 0 Å². The van der Waals surface area contributed by atoms with E-state index in [0.717, 1.165) is 26.0 Å². The van der Waals surface area contributed by atoms with Crippen molar-refractivity contribution in [3.8, 4) is 0 Å². The Morgan fingerprint density at radius 1 is 1.20 bits per heavy atom. The topological polar surface area (TPSA) is 81.4 Å². The maximum absolute atomic E-state index is 12.9. The SMILES string of the molecule is Cn1ncc2c(Sc3nnc(NCc4ccc(F)cc4)s3)ncnc21. The fraction of sp³-hybridized carbons (Fsp3) is 0.133. The average Bonchev–Trinajstić information content (AvgIpc) is 3.22. The van der Waals surface area contributed by atoms with Gasteiger partial charge in [0.25, 0.3) is 0 Å². The zero-order chi connectivity index (χ0) is 17.2. The molecule has 126 valence electrons. The van der Waals surface area contributed by atoms with Crippen molar-refractivity contribution in [2.75, 3.05) is 5.32 Å². The van der Waals surface area contributed by atoms with Crippen molar-refractivity contribution >= 4 is 39.3 Å². The number of hydrogen-bond acceptors (Lipinski definition) is 8. The monoisotopic (exact) mass is 373 g/mol. The first kappa shape index (κ1) is 15.9. The highest BCUT2D eigenvalue weighted by atomic mass is 32.2. The fourth-order valence-electron chi connectivity index (χ4n) is 2.21. The first-order valence-electron chi connectivity index (χ1n) is 7.31. The van der Waals surface area contributed by atoms with Gasteiger partial charge in [0.2, 0.25) is 5.13 Å². The van der Waals surface area contributed by atoms with Crippen LogP contribution in [0, 0.1) is 5.82 Å². The largest absolute Gasteiger partial charge is 0.356 e. The second kappa shape index (κ2) is 6.73. The smallest absolute Gasteiger partial charge is 0.206 e. The molecule has 0 radical (unpaired) electrons. The Hall–Kier alpha value is -2.59. The number of anilines is 1. The van der Waals surface area contributed by atoms with Gasteiger partial charge in [0.1, 0.15) is 17.2 Å². The van der Waals surface area contributed by atoms with Crippen molar-refractivity contribution < 1.29 is 4.39 Å². The van der Waals surface area contributed by atoms with Crippen LogP contribution in [0.25, 0.3) is 11.0 Å². The zero-order valence-corrected chi connectivity index (χ0v) is 14.7. The highest BCUT2D eigenvalue weighted by Crippen LogP contribution is 2.34. The molecule has 1 aromatic carbocycles. The van der Waals surface area contributed by atoms with Gasteiger partial charge in [0, 0.05) is 13.6 Å². The van der Waals surface area contributed by atoms with E-state index in [1.54, 1.807) is 23.0 Å². The summed E-state index contributed by atoms with van der Waals surface area (Å²) in [5.74, 6) is -0.245. The molecule has 0 unspecified atom stereocenters. The summed E-state index contributed by atoms with van der Waals surface area (Å²) in [5.41, 5.74) is 1.75. The molecule has 0 saturated carbocycles. The Kier molecular flexibility index (Phi) is 4.28. The van der Waals surface area contributed by atoms with E-state index in [1.807, 2.05) is 7.05 Å².